The number of amides is 1. The molecule has 0 atom stereocenters. The minimum absolute atomic E-state index is 0.107. The summed E-state index contributed by atoms with van der Waals surface area (Å²) in [5.41, 5.74) is 0.510. The molecule has 1 heterocycles. The SMILES string of the molecule is CC(C)(C)Oc1ccc(C(=O)N2CCCNCC2)cc1. The van der Waals surface area contributed by atoms with Gasteiger partial charge in [0.05, 0.1) is 0 Å². The molecular weight excluding hydrogens is 252 g/mol. The van der Waals surface area contributed by atoms with Gasteiger partial charge in [-0.05, 0) is 58.0 Å². The van der Waals surface area contributed by atoms with Gasteiger partial charge in [0.1, 0.15) is 11.4 Å². The molecular formula is C16H24N2O2. The lowest BCUT2D eigenvalue weighted by molar-refractivity contribution is 0.0766. The highest BCUT2D eigenvalue weighted by Gasteiger charge is 2.17. The van der Waals surface area contributed by atoms with Crippen LogP contribution in [-0.2, 0) is 0 Å². The van der Waals surface area contributed by atoms with Gasteiger partial charge in [0.25, 0.3) is 5.91 Å². The van der Waals surface area contributed by atoms with Gasteiger partial charge in [-0.25, -0.2) is 0 Å². The van der Waals surface area contributed by atoms with Crippen LogP contribution >= 0.6 is 0 Å². The Balaban J connectivity index is 2.03. The second-order valence-corrected chi connectivity index (χ2v) is 6.13. The first-order chi connectivity index (χ1) is 9.46. The van der Waals surface area contributed by atoms with Crippen molar-refractivity contribution in [3.05, 3.63) is 29.8 Å². The second-order valence-electron chi connectivity index (χ2n) is 6.13. The number of rotatable bonds is 2. The highest BCUT2D eigenvalue weighted by Crippen LogP contribution is 2.19. The van der Waals surface area contributed by atoms with Gasteiger partial charge >= 0.3 is 0 Å². The molecule has 1 aliphatic rings. The number of hydrogen-bond donors (Lipinski definition) is 1. The third kappa shape index (κ3) is 4.23. The minimum Gasteiger partial charge on any atom is -0.488 e. The fourth-order valence-electron chi connectivity index (χ4n) is 2.25. The smallest absolute Gasteiger partial charge is 0.253 e. The summed E-state index contributed by atoms with van der Waals surface area (Å²) in [4.78, 5) is 14.3. The van der Waals surface area contributed by atoms with E-state index in [1.54, 1.807) is 0 Å². The lowest BCUT2D eigenvalue weighted by Crippen LogP contribution is -2.34. The molecule has 1 aromatic rings. The van der Waals surface area contributed by atoms with Crippen LogP contribution in [0.4, 0.5) is 0 Å². The van der Waals surface area contributed by atoms with E-state index < -0.39 is 0 Å². The van der Waals surface area contributed by atoms with Crippen molar-refractivity contribution in [3.8, 4) is 5.75 Å². The Bertz CT molecular complexity index is 441. The van der Waals surface area contributed by atoms with Crippen molar-refractivity contribution in [3.63, 3.8) is 0 Å². The lowest BCUT2D eigenvalue weighted by Gasteiger charge is -2.22. The van der Waals surface area contributed by atoms with Gasteiger partial charge in [-0.2, -0.15) is 0 Å². The number of carbonyl (C=O) groups excluding carboxylic acids is 1. The molecule has 1 aliphatic heterocycles. The highest BCUT2D eigenvalue weighted by molar-refractivity contribution is 5.94. The molecule has 0 unspecified atom stereocenters. The van der Waals surface area contributed by atoms with Crippen LogP contribution in [0.25, 0.3) is 0 Å². The molecule has 0 bridgehead atoms. The first-order valence-corrected chi connectivity index (χ1v) is 7.25. The number of hydrogen-bond acceptors (Lipinski definition) is 3. The van der Waals surface area contributed by atoms with Gasteiger partial charge in [0, 0.05) is 25.2 Å². The molecule has 0 aliphatic carbocycles. The summed E-state index contributed by atoms with van der Waals surface area (Å²) in [6, 6.07) is 7.44. The zero-order chi connectivity index (χ0) is 14.6. The molecule has 4 heteroatoms. The highest BCUT2D eigenvalue weighted by atomic mass is 16.5. The van der Waals surface area contributed by atoms with Gasteiger partial charge in [-0.3, -0.25) is 4.79 Å². The van der Waals surface area contributed by atoms with Crippen LogP contribution in [0.15, 0.2) is 24.3 Å². The van der Waals surface area contributed by atoms with Crippen molar-refractivity contribution < 1.29 is 9.53 Å². The lowest BCUT2D eigenvalue weighted by atomic mass is 10.1. The summed E-state index contributed by atoms with van der Waals surface area (Å²) < 4.78 is 5.77. The van der Waals surface area contributed by atoms with Crippen molar-refractivity contribution in [1.82, 2.24) is 10.2 Å². The first kappa shape index (κ1) is 14.9. The van der Waals surface area contributed by atoms with E-state index in [4.69, 9.17) is 4.74 Å². The molecule has 1 saturated heterocycles. The van der Waals surface area contributed by atoms with Gasteiger partial charge in [-0.15, -0.1) is 0 Å². The zero-order valence-electron chi connectivity index (χ0n) is 12.6. The Morgan fingerprint density at radius 1 is 1.15 bits per heavy atom. The van der Waals surface area contributed by atoms with Crippen molar-refractivity contribution >= 4 is 5.91 Å². The topological polar surface area (TPSA) is 41.6 Å². The van der Waals surface area contributed by atoms with Crippen molar-refractivity contribution in [1.29, 1.82) is 0 Å². The molecule has 0 spiro atoms. The molecule has 20 heavy (non-hydrogen) atoms. The molecule has 110 valence electrons. The Labute approximate surface area is 121 Å². The number of carbonyl (C=O) groups is 1. The monoisotopic (exact) mass is 276 g/mol. The maximum Gasteiger partial charge on any atom is 0.253 e. The average molecular weight is 276 g/mol. The summed E-state index contributed by atoms with van der Waals surface area (Å²) in [5, 5.41) is 3.30. The molecule has 0 saturated carbocycles. The van der Waals surface area contributed by atoms with E-state index in [9.17, 15) is 4.79 Å². The summed E-state index contributed by atoms with van der Waals surface area (Å²) >= 11 is 0. The van der Waals surface area contributed by atoms with Crippen LogP contribution in [0.5, 0.6) is 5.75 Å². The van der Waals surface area contributed by atoms with Crippen LogP contribution in [0.2, 0.25) is 0 Å². The van der Waals surface area contributed by atoms with Gasteiger partial charge in [0.2, 0.25) is 0 Å². The Hall–Kier alpha value is -1.55. The predicted octanol–water partition coefficient (Wildman–Crippen LogP) is 2.30. The molecule has 2 rings (SSSR count). The Morgan fingerprint density at radius 3 is 2.50 bits per heavy atom. The largest absolute Gasteiger partial charge is 0.488 e. The third-order valence-electron chi connectivity index (χ3n) is 3.15. The summed E-state index contributed by atoms with van der Waals surface area (Å²) in [7, 11) is 0. The molecule has 1 N–H and O–H groups in total. The van der Waals surface area contributed by atoms with Gasteiger partial charge in [-0.1, -0.05) is 0 Å². The van der Waals surface area contributed by atoms with Crippen LogP contribution < -0.4 is 10.1 Å². The van der Waals surface area contributed by atoms with E-state index in [1.807, 2.05) is 49.9 Å². The molecule has 4 nitrogen and oxygen atoms in total. The van der Waals surface area contributed by atoms with E-state index >= 15 is 0 Å². The maximum atomic E-state index is 12.4. The van der Waals surface area contributed by atoms with E-state index in [0.29, 0.717) is 0 Å². The quantitative estimate of drug-likeness (QED) is 0.901. The molecule has 0 radical (unpaired) electrons. The molecule has 1 aromatic carbocycles. The van der Waals surface area contributed by atoms with E-state index in [0.717, 1.165) is 43.9 Å². The normalized spacial score (nSPS) is 16.6. The minimum atomic E-state index is -0.220. The zero-order valence-corrected chi connectivity index (χ0v) is 12.6. The molecule has 1 fully saturated rings. The van der Waals surface area contributed by atoms with Crippen LogP contribution in [0, 0.1) is 0 Å². The Morgan fingerprint density at radius 2 is 1.85 bits per heavy atom. The van der Waals surface area contributed by atoms with Crippen LogP contribution in [0.1, 0.15) is 37.6 Å². The summed E-state index contributed by atoms with van der Waals surface area (Å²) in [5.74, 6) is 0.905. The second kappa shape index (κ2) is 6.27. The van der Waals surface area contributed by atoms with E-state index in [2.05, 4.69) is 5.32 Å². The molecule has 0 aromatic heterocycles. The fourth-order valence-corrected chi connectivity index (χ4v) is 2.25. The average Bonchev–Trinajstić information content (AvgIpc) is 2.66. The number of nitrogens with one attached hydrogen (secondary N) is 1. The predicted molar refractivity (Wildman–Crippen MR) is 80.2 cm³/mol. The van der Waals surface area contributed by atoms with E-state index in [1.165, 1.54) is 0 Å². The standard InChI is InChI=1S/C16H24N2O2/c1-16(2,3)20-14-7-5-13(6-8-14)15(19)18-11-4-9-17-10-12-18/h5-8,17H,4,9-12H2,1-3H3. The van der Waals surface area contributed by atoms with E-state index in [-0.39, 0.29) is 11.5 Å². The first-order valence-electron chi connectivity index (χ1n) is 7.25. The van der Waals surface area contributed by atoms with Gasteiger partial charge in [0.15, 0.2) is 0 Å². The van der Waals surface area contributed by atoms with Gasteiger partial charge < -0.3 is 15.0 Å². The third-order valence-corrected chi connectivity index (χ3v) is 3.15. The van der Waals surface area contributed by atoms with Crippen LogP contribution in [0.3, 0.4) is 0 Å². The molecule has 1 amide bonds. The number of ether oxygens (including phenoxy) is 1. The fraction of sp³-hybridized carbons (Fsp3) is 0.562. The summed E-state index contributed by atoms with van der Waals surface area (Å²) in [6.07, 6.45) is 1.01. The number of benzene rings is 1. The summed E-state index contributed by atoms with van der Waals surface area (Å²) in [6.45, 7) is 9.49. The Kier molecular flexibility index (Phi) is 4.65. The maximum absolute atomic E-state index is 12.4. The van der Waals surface area contributed by atoms with Crippen molar-refractivity contribution in [2.24, 2.45) is 0 Å². The number of nitrogens with zero attached hydrogens (tertiary/aromatic N) is 1. The van der Waals surface area contributed by atoms with Crippen molar-refractivity contribution in [2.45, 2.75) is 32.8 Å². The van der Waals surface area contributed by atoms with Crippen LogP contribution in [-0.4, -0.2) is 42.6 Å². The van der Waals surface area contributed by atoms with Crippen molar-refractivity contribution in [2.75, 3.05) is 26.2 Å².